The van der Waals surface area contributed by atoms with E-state index in [1.807, 2.05) is 31.2 Å². The Morgan fingerprint density at radius 1 is 1.32 bits per heavy atom. The fourth-order valence-electron chi connectivity index (χ4n) is 1.57. The zero-order chi connectivity index (χ0) is 15.9. The van der Waals surface area contributed by atoms with Gasteiger partial charge in [-0.25, -0.2) is 9.97 Å². The van der Waals surface area contributed by atoms with Gasteiger partial charge in [0, 0.05) is 24.3 Å². The monoisotopic (exact) mass is 357 g/mol. The molecule has 1 aromatic heterocycles. The lowest BCUT2D eigenvalue weighted by Crippen LogP contribution is -2.15. The van der Waals surface area contributed by atoms with Gasteiger partial charge in [0.05, 0.1) is 4.47 Å². The molecule has 6 nitrogen and oxygen atoms in total. The van der Waals surface area contributed by atoms with Gasteiger partial charge in [-0.05, 0) is 34.5 Å². The Morgan fingerprint density at radius 3 is 2.64 bits per heavy atom. The quantitative estimate of drug-likeness (QED) is 0.648. The number of carbonyl (C=O) groups is 1. The average molecular weight is 358 g/mol. The van der Waals surface area contributed by atoms with E-state index in [9.17, 15) is 4.79 Å². The third-order valence-corrected chi connectivity index (χ3v) is 3.13. The molecular weight excluding hydrogens is 346 g/mol. The number of amides is 1. The summed E-state index contributed by atoms with van der Waals surface area (Å²) in [6.45, 7) is 1.87. The SMILES string of the molecule is Cc1ccccc1NC(=O)/C(C#N)=C\Nc1ncc(Br)cn1. The Kier molecular flexibility index (Phi) is 5.22. The van der Waals surface area contributed by atoms with E-state index in [1.54, 1.807) is 18.5 Å². The molecule has 7 heteroatoms. The number of hydrogen-bond donors (Lipinski definition) is 2. The van der Waals surface area contributed by atoms with Crippen molar-refractivity contribution in [3.8, 4) is 6.07 Å². The molecule has 0 aliphatic rings. The largest absolute Gasteiger partial charge is 0.329 e. The molecule has 0 unspecified atom stereocenters. The molecule has 2 aromatic rings. The van der Waals surface area contributed by atoms with Gasteiger partial charge in [-0.3, -0.25) is 4.79 Å². The van der Waals surface area contributed by atoms with Crippen molar-refractivity contribution in [2.45, 2.75) is 6.92 Å². The van der Waals surface area contributed by atoms with Crippen LogP contribution in [0.1, 0.15) is 5.56 Å². The minimum absolute atomic E-state index is 0.0743. The zero-order valence-corrected chi connectivity index (χ0v) is 13.3. The maximum atomic E-state index is 12.1. The molecule has 1 amide bonds. The average Bonchev–Trinajstić information content (AvgIpc) is 2.52. The van der Waals surface area contributed by atoms with Gasteiger partial charge < -0.3 is 10.6 Å². The molecule has 0 aliphatic heterocycles. The zero-order valence-electron chi connectivity index (χ0n) is 11.7. The van der Waals surface area contributed by atoms with Crippen LogP contribution in [0, 0.1) is 18.3 Å². The van der Waals surface area contributed by atoms with Gasteiger partial charge in [-0.2, -0.15) is 5.26 Å². The van der Waals surface area contributed by atoms with Crippen molar-refractivity contribution in [2.75, 3.05) is 10.6 Å². The lowest BCUT2D eigenvalue weighted by Gasteiger charge is -2.07. The number of hydrogen-bond acceptors (Lipinski definition) is 5. The Balaban J connectivity index is 2.09. The van der Waals surface area contributed by atoms with Crippen LogP contribution >= 0.6 is 15.9 Å². The summed E-state index contributed by atoms with van der Waals surface area (Å²) in [5, 5.41) is 14.5. The highest BCUT2D eigenvalue weighted by Gasteiger charge is 2.10. The molecule has 22 heavy (non-hydrogen) atoms. The third-order valence-electron chi connectivity index (χ3n) is 2.72. The molecule has 0 spiro atoms. The predicted octanol–water partition coefficient (Wildman–Crippen LogP) is 3.01. The predicted molar refractivity (Wildman–Crippen MR) is 86.9 cm³/mol. The lowest BCUT2D eigenvalue weighted by molar-refractivity contribution is -0.112. The first-order valence-electron chi connectivity index (χ1n) is 6.31. The second-order valence-electron chi connectivity index (χ2n) is 4.31. The van der Waals surface area contributed by atoms with Crippen LogP contribution in [-0.4, -0.2) is 15.9 Å². The van der Waals surface area contributed by atoms with Crippen LogP contribution in [0.15, 0.2) is 52.9 Å². The van der Waals surface area contributed by atoms with Crippen LogP contribution in [0.25, 0.3) is 0 Å². The fraction of sp³-hybridized carbons (Fsp3) is 0.0667. The van der Waals surface area contributed by atoms with Gasteiger partial charge in [0.15, 0.2) is 0 Å². The number of nitrogens with one attached hydrogen (secondary N) is 2. The highest BCUT2D eigenvalue weighted by atomic mass is 79.9. The number of rotatable bonds is 4. The Morgan fingerprint density at radius 2 is 2.00 bits per heavy atom. The molecule has 110 valence electrons. The van der Waals surface area contributed by atoms with Gasteiger partial charge in [0.2, 0.25) is 5.95 Å². The summed E-state index contributed by atoms with van der Waals surface area (Å²) in [5.41, 5.74) is 1.50. The maximum Gasteiger partial charge on any atom is 0.267 e. The molecular formula is C15H12BrN5O. The molecule has 1 aromatic carbocycles. The molecule has 0 saturated carbocycles. The van der Waals surface area contributed by atoms with Crippen LogP contribution in [0.2, 0.25) is 0 Å². The summed E-state index contributed by atoms with van der Waals surface area (Å²) >= 11 is 3.22. The number of para-hydroxylation sites is 1. The van der Waals surface area contributed by atoms with Gasteiger partial charge in [0.1, 0.15) is 11.6 Å². The number of carbonyl (C=O) groups excluding carboxylic acids is 1. The maximum absolute atomic E-state index is 12.1. The highest BCUT2D eigenvalue weighted by Crippen LogP contribution is 2.14. The second-order valence-corrected chi connectivity index (χ2v) is 5.22. The smallest absolute Gasteiger partial charge is 0.267 e. The van der Waals surface area contributed by atoms with E-state index < -0.39 is 5.91 Å². The van der Waals surface area contributed by atoms with Crippen molar-refractivity contribution in [2.24, 2.45) is 0 Å². The highest BCUT2D eigenvalue weighted by molar-refractivity contribution is 9.10. The van der Waals surface area contributed by atoms with Crippen molar-refractivity contribution >= 4 is 33.5 Å². The number of aryl methyl sites for hydroxylation is 1. The summed E-state index contributed by atoms with van der Waals surface area (Å²) in [6, 6.07) is 9.18. The van der Waals surface area contributed by atoms with Crippen molar-refractivity contribution in [1.82, 2.24) is 9.97 Å². The van der Waals surface area contributed by atoms with Crippen LogP contribution in [-0.2, 0) is 4.79 Å². The minimum Gasteiger partial charge on any atom is -0.329 e. The molecule has 2 rings (SSSR count). The van der Waals surface area contributed by atoms with E-state index >= 15 is 0 Å². The minimum atomic E-state index is -0.499. The Labute approximate surface area is 136 Å². The lowest BCUT2D eigenvalue weighted by atomic mass is 10.2. The summed E-state index contributed by atoms with van der Waals surface area (Å²) in [6.07, 6.45) is 4.39. The van der Waals surface area contributed by atoms with Crippen molar-refractivity contribution < 1.29 is 4.79 Å². The molecule has 1 heterocycles. The van der Waals surface area contributed by atoms with Crippen LogP contribution in [0.4, 0.5) is 11.6 Å². The first-order valence-corrected chi connectivity index (χ1v) is 7.11. The number of halogens is 1. The van der Waals surface area contributed by atoms with E-state index in [-0.39, 0.29) is 5.57 Å². The van der Waals surface area contributed by atoms with E-state index in [4.69, 9.17) is 5.26 Å². The van der Waals surface area contributed by atoms with Gasteiger partial charge in [-0.1, -0.05) is 18.2 Å². The molecule has 0 radical (unpaired) electrons. The summed E-state index contributed by atoms with van der Waals surface area (Å²) < 4.78 is 0.736. The molecule has 0 saturated heterocycles. The number of nitriles is 1. The summed E-state index contributed by atoms with van der Waals surface area (Å²) in [5.74, 6) is -0.207. The first kappa shape index (κ1) is 15.7. The fourth-order valence-corrected chi connectivity index (χ4v) is 1.78. The van der Waals surface area contributed by atoms with Crippen molar-refractivity contribution in [3.63, 3.8) is 0 Å². The van der Waals surface area contributed by atoms with E-state index in [1.165, 1.54) is 6.20 Å². The second kappa shape index (κ2) is 7.33. The Hall–Kier alpha value is -2.72. The normalized spacial score (nSPS) is 10.7. The number of benzene rings is 1. The van der Waals surface area contributed by atoms with E-state index in [2.05, 4.69) is 36.5 Å². The Bertz CT molecular complexity index is 749. The van der Waals surface area contributed by atoms with E-state index in [0.717, 1.165) is 10.0 Å². The van der Waals surface area contributed by atoms with E-state index in [0.29, 0.717) is 11.6 Å². The molecule has 2 N–H and O–H groups in total. The van der Waals surface area contributed by atoms with Crippen molar-refractivity contribution in [1.29, 1.82) is 5.26 Å². The van der Waals surface area contributed by atoms with Crippen LogP contribution in [0.3, 0.4) is 0 Å². The van der Waals surface area contributed by atoms with Gasteiger partial charge >= 0.3 is 0 Å². The third kappa shape index (κ3) is 4.14. The van der Waals surface area contributed by atoms with Gasteiger partial charge in [-0.15, -0.1) is 0 Å². The van der Waals surface area contributed by atoms with Crippen LogP contribution in [0.5, 0.6) is 0 Å². The standard InChI is InChI=1S/C15H12BrN5O/c1-10-4-2-3-5-13(10)21-14(22)11(6-17)7-18-15-19-8-12(16)9-20-15/h2-5,7-9H,1H3,(H,21,22)(H,18,19,20)/b11-7-. The van der Waals surface area contributed by atoms with Crippen LogP contribution < -0.4 is 10.6 Å². The molecule has 0 aliphatic carbocycles. The molecule has 0 fully saturated rings. The molecule has 0 bridgehead atoms. The summed E-state index contributed by atoms with van der Waals surface area (Å²) in [7, 11) is 0. The number of anilines is 2. The first-order chi connectivity index (χ1) is 10.6. The van der Waals surface area contributed by atoms with Gasteiger partial charge in [0.25, 0.3) is 5.91 Å². The van der Waals surface area contributed by atoms with Crippen molar-refractivity contribution in [3.05, 3.63) is 58.5 Å². The summed E-state index contributed by atoms with van der Waals surface area (Å²) in [4.78, 5) is 20.1. The number of nitrogens with zero attached hydrogens (tertiary/aromatic N) is 3. The topological polar surface area (TPSA) is 90.7 Å². The molecule has 0 atom stereocenters. The number of aromatic nitrogens is 2.